The summed E-state index contributed by atoms with van der Waals surface area (Å²) < 4.78 is 0. The van der Waals surface area contributed by atoms with Crippen molar-refractivity contribution in [2.45, 2.75) is 50.7 Å². The van der Waals surface area contributed by atoms with Gasteiger partial charge in [-0.3, -0.25) is 4.90 Å². The Morgan fingerprint density at radius 3 is 2.95 bits per heavy atom. The van der Waals surface area contributed by atoms with Gasteiger partial charge < -0.3 is 10.4 Å². The first-order valence-electron chi connectivity index (χ1n) is 7.54. The molecule has 1 aromatic carbocycles. The fourth-order valence-corrected chi connectivity index (χ4v) is 3.74. The summed E-state index contributed by atoms with van der Waals surface area (Å²) in [6.45, 7) is 4.62. The molecule has 0 radical (unpaired) electrons. The Bertz CT molecular complexity index is 429. The molecule has 0 spiro atoms. The van der Waals surface area contributed by atoms with Crippen molar-refractivity contribution >= 4 is 0 Å². The van der Waals surface area contributed by atoms with Crippen LogP contribution in [0.1, 0.15) is 44.2 Å². The lowest BCUT2D eigenvalue weighted by Crippen LogP contribution is -2.44. The van der Waals surface area contributed by atoms with Crippen LogP contribution in [0.3, 0.4) is 0 Å². The van der Waals surface area contributed by atoms with Crippen LogP contribution in [0.5, 0.6) is 5.75 Å². The molecule has 3 heteroatoms. The molecule has 2 aliphatic heterocycles. The molecular formula is C16H24N2O. The molecule has 0 bridgehead atoms. The van der Waals surface area contributed by atoms with Crippen LogP contribution < -0.4 is 5.32 Å². The lowest BCUT2D eigenvalue weighted by Gasteiger charge is -2.34. The lowest BCUT2D eigenvalue weighted by atomic mass is 10.0. The third-order valence-corrected chi connectivity index (χ3v) is 4.76. The maximum absolute atomic E-state index is 9.65. The third kappa shape index (κ3) is 2.63. The van der Waals surface area contributed by atoms with Gasteiger partial charge in [0, 0.05) is 18.1 Å². The molecule has 2 fully saturated rings. The summed E-state index contributed by atoms with van der Waals surface area (Å²) in [7, 11) is 0. The number of nitrogens with one attached hydrogen (secondary N) is 1. The van der Waals surface area contributed by atoms with Gasteiger partial charge in [0.15, 0.2) is 0 Å². The van der Waals surface area contributed by atoms with Crippen LogP contribution in [-0.4, -0.2) is 35.2 Å². The van der Waals surface area contributed by atoms with E-state index >= 15 is 0 Å². The molecular weight excluding hydrogens is 236 g/mol. The first-order valence-corrected chi connectivity index (χ1v) is 7.54. The van der Waals surface area contributed by atoms with Crippen LogP contribution in [0, 0.1) is 0 Å². The molecule has 104 valence electrons. The van der Waals surface area contributed by atoms with E-state index in [2.05, 4.69) is 23.2 Å². The van der Waals surface area contributed by atoms with Crippen molar-refractivity contribution in [3.63, 3.8) is 0 Å². The smallest absolute Gasteiger partial charge is 0.115 e. The highest BCUT2D eigenvalue weighted by Crippen LogP contribution is 2.33. The second kappa shape index (κ2) is 5.51. The van der Waals surface area contributed by atoms with Gasteiger partial charge in [0.25, 0.3) is 0 Å². The summed E-state index contributed by atoms with van der Waals surface area (Å²) in [5.41, 5.74) is 1.23. The highest BCUT2D eigenvalue weighted by atomic mass is 16.3. The molecule has 0 aromatic heterocycles. The van der Waals surface area contributed by atoms with Crippen molar-refractivity contribution in [2.24, 2.45) is 0 Å². The van der Waals surface area contributed by atoms with Crippen LogP contribution >= 0.6 is 0 Å². The number of phenols is 1. The van der Waals surface area contributed by atoms with Crippen LogP contribution in [0.25, 0.3) is 0 Å². The first kappa shape index (κ1) is 12.9. The quantitative estimate of drug-likeness (QED) is 0.877. The molecule has 19 heavy (non-hydrogen) atoms. The van der Waals surface area contributed by atoms with Crippen LogP contribution in [0.2, 0.25) is 0 Å². The average Bonchev–Trinajstić information content (AvgIpc) is 3.08. The Hall–Kier alpha value is -1.06. The second-order valence-electron chi connectivity index (χ2n) is 5.92. The van der Waals surface area contributed by atoms with Gasteiger partial charge in [0.05, 0.1) is 0 Å². The number of phenolic OH excluding ortho intramolecular Hbond substituents is 1. The topological polar surface area (TPSA) is 35.5 Å². The predicted molar refractivity (Wildman–Crippen MR) is 77.3 cm³/mol. The fraction of sp³-hybridized carbons (Fsp3) is 0.625. The highest BCUT2D eigenvalue weighted by Gasteiger charge is 2.35. The molecule has 3 unspecified atom stereocenters. The summed E-state index contributed by atoms with van der Waals surface area (Å²) >= 11 is 0. The van der Waals surface area contributed by atoms with Crippen molar-refractivity contribution in [3.8, 4) is 5.75 Å². The van der Waals surface area contributed by atoms with Crippen LogP contribution in [0.15, 0.2) is 24.3 Å². The van der Waals surface area contributed by atoms with E-state index in [4.69, 9.17) is 0 Å². The predicted octanol–water partition coefficient (Wildman–Crippen LogP) is 2.67. The minimum absolute atomic E-state index is 0.374. The van der Waals surface area contributed by atoms with Crippen molar-refractivity contribution in [1.29, 1.82) is 0 Å². The molecule has 2 saturated heterocycles. The summed E-state index contributed by atoms with van der Waals surface area (Å²) in [4.78, 5) is 2.62. The van der Waals surface area contributed by atoms with Crippen molar-refractivity contribution < 1.29 is 5.11 Å². The number of nitrogens with zero attached hydrogens (tertiary/aromatic N) is 1. The maximum Gasteiger partial charge on any atom is 0.115 e. The van der Waals surface area contributed by atoms with E-state index in [9.17, 15) is 5.11 Å². The monoisotopic (exact) mass is 260 g/mol. The minimum atomic E-state index is 0.374. The van der Waals surface area contributed by atoms with E-state index in [1.165, 1.54) is 44.3 Å². The van der Waals surface area contributed by atoms with E-state index in [1.807, 2.05) is 12.1 Å². The van der Waals surface area contributed by atoms with Crippen molar-refractivity contribution in [1.82, 2.24) is 10.2 Å². The molecule has 2 heterocycles. The second-order valence-corrected chi connectivity index (χ2v) is 5.92. The van der Waals surface area contributed by atoms with E-state index in [-0.39, 0.29) is 0 Å². The van der Waals surface area contributed by atoms with Gasteiger partial charge in [0.2, 0.25) is 0 Å². The summed E-state index contributed by atoms with van der Waals surface area (Å²) in [6.07, 6.45) is 5.23. The zero-order valence-electron chi connectivity index (χ0n) is 11.7. The first-order chi connectivity index (χ1) is 9.25. The number of hydrogen-bond acceptors (Lipinski definition) is 3. The lowest BCUT2D eigenvalue weighted by molar-refractivity contribution is 0.163. The van der Waals surface area contributed by atoms with Gasteiger partial charge in [0.1, 0.15) is 5.75 Å². The van der Waals surface area contributed by atoms with E-state index < -0.39 is 0 Å². The zero-order chi connectivity index (χ0) is 13.2. The molecule has 3 atom stereocenters. The minimum Gasteiger partial charge on any atom is -0.508 e. The van der Waals surface area contributed by atoms with E-state index in [0.29, 0.717) is 23.9 Å². The molecule has 0 amide bonds. The molecule has 2 aliphatic rings. The normalized spacial score (nSPS) is 29.7. The average molecular weight is 260 g/mol. The van der Waals surface area contributed by atoms with Gasteiger partial charge >= 0.3 is 0 Å². The number of likely N-dealkylation sites (tertiary alicyclic amines) is 1. The van der Waals surface area contributed by atoms with Gasteiger partial charge in [-0.2, -0.15) is 0 Å². The van der Waals surface area contributed by atoms with Crippen LogP contribution in [0.4, 0.5) is 0 Å². The Morgan fingerprint density at radius 2 is 2.21 bits per heavy atom. The van der Waals surface area contributed by atoms with E-state index in [1.54, 1.807) is 6.07 Å². The standard InChI is InChI=1S/C16H24N2O/c1-12(13-5-2-6-14(19)11-13)18-10-4-8-16(18)15-7-3-9-17-15/h2,5-6,11-12,15-17,19H,3-4,7-10H2,1H3. The Kier molecular flexibility index (Phi) is 3.76. The van der Waals surface area contributed by atoms with Crippen molar-refractivity contribution in [2.75, 3.05) is 13.1 Å². The summed E-state index contributed by atoms with van der Waals surface area (Å²) in [5.74, 6) is 0.374. The SMILES string of the molecule is CC(c1cccc(O)c1)N1CCCC1C1CCCN1. The molecule has 0 aliphatic carbocycles. The van der Waals surface area contributed by atoms with Gasteiger partial charge in [-0.25, -0.2) is 0 Å². The zero-order valence-corrected chi connectivity index (χ0v) is 11.7. The number of aromatic hydroxyl groups is 1. The maximum atomic E-state index is 9.65. The fourth-order valence-electron chi connectivity index (χ4n) is 3.74. The Labute approximate surface area is 115 Å². The van der Waals surface area contributed by atoms with Gasteiger partial charge in [-0.1, -0.05) is 12.1 Å². The Morgan fingerprint density at radius 1 is 1.32 bits per heavy atom. The van der Waals surface area contributed by atoms with Crippen LogP contribution in [-0.2, 0) is 0 Å². The molecule has 2 N–H and O–H groups in total. The molecule has 3 nitrogen and oxygen atoms in total. The molecule has 3 rings (SSSR count). The van der Waals surface area contributed by atoms with Gasteiger partial charge in [-0.05, 0) is 63.4 Å². The number of benzene rings is 1. The summed E-state index contributed by atoms with van der Waals surface area (Å²) in [5, 5.41) is 13.3. The number of hydrogen-bond donors (Lipinski definition) is 2. The highest BCUT2D eigenvalue weighted by molar-refractivity contribution is 5.29. The van der Waals surface area contributed by atoms with Crippen molar-refractivity contribution in [3.05, 3.63) is 29.8 Å². The van der Waals surface area contributed by atoms with Gasteiger partial charge in [-0.15, -0.1) is 0 Å². The van der Waals surface area contributed by atoms with E-state index in [0.717, 1.165) is 0 Å². The number of rotatable bonds is 3. The Balaban J connectivity index is 1.76. The molecule has 0 saturated carbocycles. The third-order valence-electron chi connectivity index (χ3n) is 4.76. The molecule has 1 aromatic rings. The largest absolute Gasteiger partial charge is 0.508 e. The summed E-state index contributed by atoms with van der Waals surface area (Å²) in [6, 6.07) is 9.45.